The van der Waals surface area contributed by atoms with Gasteiger partial charge in [-0.25, -0.2) is 0 Å². The molecule has 10 heteroatoms. The molecule has 5 aliphatic rings. The van der Waals surface area contributed by atoms with Gasteiger partial charge in [-0.05, 0) is 18.3 Å². The fourth-order valence-electron chi connectivity index (χ4n) is 6.94. The van der Waals surface area contributed by atoms with Crippen molar-refractivity contribution < 1.29 is 48.3 Å². The molecule has 27 heavy (non-hydrogen) atoms. The topological polar surface area (TPSA) is 146 Å². The van der Waals surface area contributed by atoms with Gasteiger partial charge in [0.25, 0.3) is 0 Å². The zero-order chi connectivity index (χ0) is 20.2. The van der Waals surface area contributed by atoms with Crippen LogP contribution in [0.1, 0.15) is 6.42 Å². The van der Waals surface area contributed by atoms with Crippen molar-refractivity contribution in [2.45, 2.75) is 18.6 Å². The number of ether oxygens (including phenoxy) is 4. The van der Waals surface area contributed by atoms with Crippen molar-refractivity contribution in [1.82, 2.24) is 0 Å². The first-order chi connectivity index (χ1) is 12.7. The molecule has 0 radical (unpaired) electrons. The van der Waals surface area contributed by atoms with Crippen LogP contribution in [0.4, 0.5) is 0 Å². The number of carbonyl (C=O) groups excluding carboxylic acids is 4. The summed E-state index contributed by atoms with van der Waals surface area (Å²) in [6.07, 6.45) is -3.51. The molecule has 0 saturated heterocycles. The average Bonchev–Trinajstić information content (AvgIpc) is 3.54. The van der Waals surface area contributed by atoms with Gasteiger partial charge >= 0.3 is 23.9 Å². The van der Waals surface area contributed by atoms with E-state index in [0.29, 0.717) is 0 Å². The highest BCUT2D eigenvalue weighted by atomic mass is 16.5. The Hall–Kier alpha value is -2.20. The number of aliphatic hydroxyl groups is 2. The first-order valence-corrected chi connectivity index (χ1v) is 8.41. The molecule has 0 aromatic heterocycles. The Morgan fingerprint density at radius 1 is 0.630 bits per heavy atom. The minimum atomic E-state index is -1.90. The lowest BCUT2D eigenvalue weighted by atomic mass is 9.64. The predicted molar refractivity (Wildman–Crippen MR) is 81.4 cm³/mol. The second-order valence-corrected chi connectivity index (χ2v) is 7.59. The van der Waals surface area contributed by atoms with E-state index in [4.69, 9.17) is 18.9 Å². The van der Waals surface area contributed by atoms with Gasteiger partial charge < -0.3 is 29.2 Å². The van der Waals surface area contributed by atoms with E-state index >= 15 is 0 Å². The number of hydrogen-bond donors (Lipinski definition) is 2. The fraction of sp³-hybridized carbons (Fsp3) is 0.765. The van der Waals surface area contributed by atoms with Crippen LogP contribution in [0, 0.1) is 33.5 Å². The monoisotopic (exact) mass is 384 g/mol. The lowest BCUT2D eigenvalue weighted by molar-refractivity contribution is -0.199. The van der Waals surface area contributed by atoms with Crippen molar-refractivity contribution in [1.29, 1.82) is 0 Å². The largest absolute Gasteiger partial charge is 0.468 e. The lowest BCUT2D eigenvalue weighted by Crippen LogP contribution is -2.61. The lowest BCUT2D eigenvalue weighted by Gasteiger charge is -2.41. The molecule has 0 heterocycles. The van der Waals surface area contributed by atoms with Crippen LogP contribution in [0.25, 0.3) is 0 Å². The summed E-state index contributed by atoms with van der Waals surface area (Å²) in [4.78, 5) is 51.0. The average molecular weight is 384 g/mol. The molecule has 5 fully saturated rings. The quantitative estimate of drug-likeness (QED) is 0.413. The Morgan fingerprint density at radius 3 is 1.04 bits per heavy atom. The van der Waals surface area contributed by atoms with E-state index in [1.165, 1.54) is 0 Å². The van der Waals surface area contributed by atoms with E-state index in [0.717, 1.165) is 28.4 Å². The van der Waals surface area contributed by atoms with Crippen LogP contribution in [0.15, 0.2) is 0 Å². The first-order valence-electron chi connectivity index (χ1n) is 8.41. The zero-order valence-electron chi connectivity index (χ0n) is 15.2. The van der Waals surface area contributed by atoms with Gasteiger partial charge in [0.05, 0.1) is 40.6 Å². The van der Waals surface area contributed by atoms with Gasteiger partial charge in [-0.15, -0.1) is 0 Å². The minimum absolute atomic E-state index is 0.0581. The summed E-state index contributed by atoms with van der Waals surface area (Å²) in [6, 6.07) is 0. The van der Waals surface area contributed by atoms with E-state index in [1.807, 2.05) is 0 Å². The number of rotatable bonds is 4. The Morgan fingerprint density at radius 2 is 0.852 bits per heavy atom. The third-order valence-electron chi connectivity index (χ3n) is 7.69. The molecule has 148 valence electrons. The number of methoxy groups -OCH3 is 4. The summed E-state index contributed by atoms with van der Waals surface area (Å²) in [5.74, 6) is -5.46. The van der Waals surface area contributed by atoms with E-state index in [1.54, 1.807) is 0 Å². The number of esters is 4. The predicted octanol–water partition coefficient (Wildman–Crippen LogP) is -1.98. The van der Waals surface area contributed by atoms with Crippen LogP contribution >= 0.6 is 0 Å². The molecule has 0 amide bonds. The molecule has 0 aromatic rings. The van der Waals surface area contributed by atoms with Crippen LogP contribution in [0.5, 0.6) is 0 Å². The van der Waals surface area contributed by atoms with Crippen molar-refractivity contribution in [2.24, 2.45) is 33.5 Å². The maximum Gasteiger partial charge on any atom is 0.316 e. The smallest absolute Gasteiger partial charge is 0.316 e. The van der Waals surface area contributed by atoms with Crippen molar-refractivity contribution in [3.63, 3.8) is 0 Å². The molecule has 5 saturated carbocycles. The Bertz CT molecular complexity index is 669. The summed E-state index contributed by atoms with van der Waals surface area (Å²) < 4.78 is 19.3. The molecule has 0 aromatic carbocycles. The van der Waals surface area contributed by atoms with Crippen LogP contribution in [-0.4, -0.2) is 74.7 Å². The molecule has 0 aliphatic heterocycles. The first kappa shape index (κ1) is 18.2. The summed E-state index contributed by atoms with van der Waals surface area (Å²) in [7, 11) is 4.30. The molecule has 10 nitrogen and oxygen atoms in total. The van der Waals surface area contributed by atoms with Gasteiger partial charge in [0.2, 0.25) is 0 Å². The Balaban J connectivity index is 2.02. The molecule has 5 aliphatic carbocycles. The van der Waals surface area contributed by atoms with Crippen LogP contribution < -0.4 is 0 Å². The second kappa shape index (κ2) is 4.79. The van der Waals surface area contributed by atoms with Gasteiger partial charge in [-0.1, -0.05) is 0 Å². The Labute approximate surface area is 153 Å². The van der Waals surface area contributed by atoms with Crippen LogP contribution in [0.3, 0.4) is 0 Å². The molecule has 4 atom stereocenters. The highest BCUT2D eigenvalue weighted by Crippen LogP contribution is 2.97. The summed E-state index contributed by atoms with van der Waals surface area (Å²) in [5, 5.41) is 22.5. The zero-order valence-corrected chi connectivity index (χ0v) is 15.2. The fourth-order valence-corrected chi connectivity index (χ4v) is 6.94. The van der Waals surface area contributed by atoms with E-state index in [2.05, 4.69) is 0 Å². The van der Waals surface area contributed by atoms with Gasteiger partial charge in [-0.2, -0.15) is 0 Å². The van der Waals surface area contributed by atoms with Gasteiger partial charge in [0.15, 0.2) is 0 Å². The molecule has 2 N–H and O–H groups in total. The van der Waals surface area contributed by atoms with Gasteiger partial charge in [0.1, 0.15) is 21.7 Å². The maximum absolute atomic E-state index is 12.7. The standard InChI is InChI=1S/C17H20O10/c1-24-10(20)14-6-5-7-16(8(14)18,12(22)26-3)17(7,13(23)27-4)9(19)15(6,14)11(21)25-2/h6-9,18-19H,5H2,1-4H3. The number of aliphatic hydroxyl groups excluding tert-OH is 2. The minimum Gasteiger partial charge on any atom is -0.468 e. The third kappa shape index (κ3) is 1.23. The summed E-state index contributed by atoms with van der Waals surface area (Å²) in [6.45, 7) is 0. The number of hydrogen-bond acceptors (Lipinski definition) is 10. The molecule has 4 unspecified atom stereocenters. The highest BCUT2D eigenvalue weighted by Gasteiger charge is 3.11. The van der Waals surface area contributed by atoms with E-state index in [9.17, 15) is 29.4 Å². The van der Waals surface area contributed by atoms with Crippen molar-refractivity contribution >= 4 is 23.9 Å². The van der Waals surface area contributed by atoms with E-state index < -0.39 is 69.6 Å². The third-order valence-corrected chi connectivity index (χ3v) is 7.69. The maximum atomic E-state index is 12.7. The number of carbonyl (C=O) groups is 4. The van der Waals surface area contributed by atoms with Crippen molar-refractivity contribution in [2.75, 3.05) is 28.4 Å². The van der Waals surface area contributed by atoms with Crippen molar-refractivity contribution in [3.8, 4) is 0 Å². The SMILES string of the molecule is COC(=O)C12C(O)C3(C(=O)OC)C4CC1C2(C(=O)OC)C(O)C43C(=O)OC. The molecule has 6 bridgehead atoms. The molecule has 0 spiro atoms. The van der Waals surface area contributed by atoms with Crippen molar-refractivity contribution in [3.05, 3.63) is 0 Å². The normalized spacial score (nSPS) is 50.1. The molecular weight excluding hydrogens is 364 g/mol. The molecule has 5 rings (SSSR count). The second-order valence-electron chi connectivity index (χ2n) is 7.59. The summed E-state index contributed by atoms with van der Waals surface area (Å²) in [5.41, 5.74) is -7.58. The highest BCUT2D eigenvalue weighted by molar-refractivity contribution is 6.07. The van der Waals surface area contributed by atoms with Crippen LogP contribution in [-0.2, 0) is 38.1 Å². The molecular formula is C17H20O10. The summed E-state index contributed by atoms with van der Waals surface area (Å²) >= 11 is 0. The van der Waals surface area contributed by atoms with Crippen LogP contribution in [0.2, 0.25) is 0 Å². The van der Waals surface area contributed by atoms with E-state index in [-0.39, 0.29) is 6.42 Å². The Kier molecular flexibility index (Phi) is 3.23. The van der Waals surface area contributed by atoms with Gasteiger partial charge in [-0.3, -0.25) is 19.2 Å². The van der Waals surface area contributed by atoms with Gasteiger partial charge in [0, 0.05) is 0 Å².